The highest BCUT2D eigenvalue weighted by molar-refractivity contribution is 6.01. The fourth-order valence-corrected chi connectivity index (χ4v) is 1.88. The molecule has 2 unspecified atom stereocenters. The Morgan fingerprint density at radius 3 is 2.83 bits per heavy atom. The Balaban J connectivity index is 2.49. The molecule has 0 aromatic rings. The molecule has 0 aliphatic carbocycles. The lowest BCUT2D eigenvalue weighted by Crippen LogP contribution is -2.55. The van der Waals surface area contributed by atoms with Gasteiger partial charge in [-0.25, -0.2) is 0 Å². The van der Waals surface area contributed by atoms with E-state index in [9.17, 15) is 14.4 Å². The van der Waals surface area contributed by atoms with Crippen molar-refractivity contribution in [2.45, 2.75) is 51.1 Å². The van der Waals surface area contributed by atoms with Crippen LogP contribution in [0.2, 0.25) is 0 Å². The van der Waals surface area contributed by atoms with Crippen LogP contribution >= 0.6 is 0 Å². The Morgan fingerprint density at radius 1 is 1.56 bits per heavy atom. The fraction of sp³-hybridized carbons (Fsp3) is 0.750. The Labute approximate surface area is 107 Å². The zero-order chi connectivity index (χ0) is 13.7. The lowest BCUT2D eigenvalue weighted by Gasteiger charge is -2.28. The van der Waals surface area contributed by atoms with Gasteiger partial charge in [0.2, 0.25) is 11.8 Å². The summed E-state index contributed by atoms with van der Waals surface area (Å²) in [5, 5.41) is 2.62. The van der Waals surface area contributed by atoms with E-state index < -0.39 is 12.1 Å². The molecule has 6 heteroatoms. The van der Waals surface area contributed by atoms with Crippen molar-refractivity contribution in [3.05, 3.63) is 0 Å². The first-order valence-electron chi connectivity index (χ1n) is 6.33. The molecule has 2 atom stereocenters. The number of hydrogen-bond acceptors (Lipinski definition) is 4. The van der Waals surface area contributed by atoms with Gasteiger partial charge in [-0.1, -0.05) is 19.8 Å². The van der Waals surface area contributed by atoms with Gasteiger partial charge < -0.3 is 11.1 Å². The number of rotatable bonds is 5. The third-order valence-corrected chi connectivity index (χ3v) is 3.17. The largest absolute Gasteiger partial charge is 0.343 e. The zero-order valence-corrected chi connectivity index (χ0v) is 10.9. The molecule has 0 spiro atoms. The average Bonchev–Trinajstić information content (AvgIpc) is 2.36. The lowest BCUT2D eigenvalue weighted by molar-refractivity contribution is -0.149. The van der Waals surface area contributed by atoms with Crippen LogP contribution in [-0.4, -0.2) is 41.8 Å². The second-order valence-corrected chi connectivity index (χ2v) is 4.64. The smallest absolute Gasteiger partial charge is 0.251 e. The summed E-state index contributed by atoms with van der Waals surface area (Å²) in [6, 6.07) is -1.20. The highest BCUT2D eigenvalue weighted by Gasteiger charge is 2.33. The summed E-state index contributed by atoms with van der Waals surface area (Å²) in [4.78, 5) is 35.9. The van der Waals surface area contributed by atoms with E-state index in [1.54, 1.807) is 0 Å². The maximum Gasteiger partial charge on any atom is 0.251 e. The highest BCUT2D eigenvalue weighted by atomic mass is 16.2. The van der Waals surface area contributed by atoms with Gasteiger partial charge >= 0.3 is 0 Å². The van der Waals surface area contributed by atoms with Crippen molar-refractivity contribution < 1.29 is 14.4 Å². The molecule has 0 aromatic heterocycles. The van der Waals surface area contributed by atoms with Crippen LogP contribution in [0.25, 0.3) is 0 Å². The normalized spacial score (nSPS) is 21.9. The summed E-state index contributed by atoms with van der Waals surface area (Å²) < 4.78 is 0. The molecule has 0 bridgehead atoms. The number of nitrogens with zero attached hydrogens (tertiary/aromatic N) is 1. The molecule has 6 nitrogen and oxygen atoms in total. The number of hydrogen-bond donors (Lipinski definition) is 2. The monoisotopic (exact) mass is 255 g/mol. The molecule has 18 heavy (non-hydrogen) atoms. The van der Waals surface area contributed by atoms with E-state index in [0.717, 1.165) is 17.7 Å². The zero-order valence-electron chi connectivity index (χ0n) is 10.9. The number of unbranched alkanes of at least 4 members (excludes halogenated alkanes) is 1. The highest BCUT2D eigenvalue weighted by Crippen LogP contribution is 2.11. The lowest BCUT2D eigenvalue weighted by atomic mass is 10.0. The topological polar surface area (TPSA) is 92.5 Å². The third-order valence-electron chi connectivity index (χ3n) is 3.17. The number of piperidine rings is 1. The molecule has 1 aliphatic rings. The third kappa shape index (κ3) is 3.53. The van der Waals surface area contributed by atoms with Crippen molar-refractivity contribution in [1.29, 1.82) is 0 Å². The number of nitrogens with one attached hydrogen (secondary N) is 1. The number of imide groups is 1. The number of carbonyl (C=O) groups is 3. The van der Waals surface area contributed by atoms with Gasteiger partial charge in [-0.3, -0.25) is 19.3 Å². The standard InChI is InChI=1S/C12H21N3O3/c1-3-4-5-8(13)11(17)14-9-6-7-10(16)15(2)12(9)18/h8-9H,3-7,13H2,1-2H3,(H,14,17). The van der Waals surface area contributed by atoms with Crippen LogP contribution in [0.15, 0.2) is 0 Å². The number of nitrogens with two attached hydrogens (primary N) is 1. The summed E-state index contributed by atoms with van der Waals surface area (Å²) in [7, 11) is 1.43. The van der Waals surface area contributed by atoms with Crippen LogP contribution in [0.5, 0.6) is 0 Å². The molecule has 1 aliphatic heterocycles. The minimum absolute atomic E-state index is 0.208. The first kappa shape index (κ1) is 14.6. The first-order valence-corrected chi connectivity index (χ1v) is 6.33. The molecule has 1 fully saturated rings. The second-order valence-electron chi connectivity index (χ2n) is 4.64. The van der Waals surface area contributed by atoms with Gasteiger partial charge in [-0.2, -0.15) is 0 Å². The molecule has 102 valence electrons. The van der Waals surface area contributed by atoms with Crippen molar-refractivity contribution in [2.75, 3.05) is 7.05 Å². The van der Waals surface area contributed by atoms with Crippen LogP contribution in [0.3, 0.4) is 0 Å². The minimum Gasteiger partial charge on any atom is -0.343 e. The Morgan fingerprint density at radius 2 is 2.22 bits per heavy atom. The maximum atomic E-state index is 11.8. The summed E-state index contributed by atoms with van der Waals surface area (Å²) in [6.45, 7) is 2.02. The molecule has 0 saturated carbocycles. The van der Waals surface area contributed by atoms with E-state index >= 15 is 0 Å². The van der Waals surface area contributed by atoms with E-state index in [1.807, 2.05) is 6.92 Å². The van der Waals surface area contributed by atoms with Crippen LogP contribution < -0.4 is 11.1 Å². The van der Waals surface area contributed by atoms with Gasteiger partial charge in [0.15, 0.2) is 0 Å². The van der Waals surface area contributed by atoms with Crippen molar-refractivity contribution in [3.8, 4) is 0 Å². The van der Waals surface area contributed by atoms with Gasteiger partial charge in [-0.05, 0) is 12.8 Å². The molecule has 1 rings (SSSR count). The fourth-order valence-electron chi connectivity index (χ4n) is 1.88. The SMILES string of the molecule is CCCCC(N)C(=O)NC1CCC(=O)N(C)C1=O. The van der Waals surface area contributed by atoms with E-state index in [-0.39, 0.29) is 24.1 Å². The van der Waals surface area contributed by atoms with Gasteiger partial charge in [0.1, 0.15) is 6.04 Å². The van der Waals surface area contributed by atoms with Crippen molar-refractivity contribution in [1.82, 2.24) is 10.2 Å². The minimum atomic E-state index is -0.618. The van der Waals surface area contributed by atoms with E-state index in [2.05, 4.69) is 5.32 Å². The van der Waals surface area contributed by atoms with Crippen LogP contribution in [0.1, 0.15) is 39.0 Å². The number of amides is 3. The summed E-state index contributed by atoms with van der Waals surface area (Å²) in [6.07, 6.45) is 3.09. The number of likely N-dealkylation sites (N-methyl/N-ethyl adjacent to an activating group) is 1. The molecule has 1 heterocycles. The van der Waals surface area contributed by atoms with Gasteiger partial charge in [-0.15, -0.1) is 0 Å². The Hall–Kier alpha value is -1.43. The van der Waals surface area contributed by atoms with E-state index in [4.69, 9.17) is 5.73 Å². The number of carbonyl (C=O) groups excluding carboxylic acids is 3. The van der Waals surface area contributed by atoms with Crippen LogP contribution in [0.4, 0.5) is 0 Å². The Bertz CT molecular complexity index is 343. The van der Waals surface area contributed by atoms with Crippen LogP contribution in [0, 0.1) is 0 Å². The predicted octanol–water partition coefficient (Wildman–Crippen LogP) is -0.232. The number of likely N-dealkylation sites (tertiary alicyclic amines) is 1. The van der Waals surface area contributed by atoms with Crippen molar-refractivity contribution in [2.24, 2.45) is 5.73 Å². The molecular weight excluding hydrogens is 234 g/mol. The molecule has 0 aromatic carbocycles. The van der Waals surface area contributed by atoms with Crippen molar-refractivity contribution in [3.63, 3.8) is 0 Å². The molecular formula is C12H21N3O3. The molecule has 1 saturated heterocycles. The summed E-state index contributed by atoms with van der Waals surface area (Å²) in [5.41, 5.74) is 5.72. The van der Waals surface area contributed by atoms with E-state index in [1.165, 1.54) is 7.05 Å². The van der Waals surface area contributed by atoms with Crippen molar-refractivity contribution >= 4 is 17.7 Å². The molecule has 3 N–H and O–H groups in total. The summed E-state index contributed by atoms with van der Waals surface area (Å²) >= 11 is 0. The maximum absolute atomic E-state index is 11.8. The summed E-state index contributed by atoms with van der Waals surface area (Å²) in [5.74, 6) is -0.882. The molecule has 0 radical (unpaired) electrons. The predicted molar refractivity (Wildman–Crippen MR) is 66.4 cm³/mol. The van der Waals surface area contributed by atoms with Gasteiger partial charge in [0.25, 0.3) is 5.91 Å². The second kappa shape index (κ2) is 6.49. The van der Waals surface area contributed by atoms with Crippen LogP contribution in [-0.2, 0) is 14.4 Å². The molecule has 3 amide bonds. The quantitative estimate of drug-likeness (QED) is 0.664. The Kier molecular flexibility index (Phi) is 5.27. The van der Waals surface area contributed by atoms with Gasteiger partial charge in [0.05, 0.1) is 6.04 Å². The first-order chi connectivity index (χ1) is 8.47. The van der Waals surface area contributed by atoms with E-state index in [0.29, 0.717) is 12.8 Å². The van der Waals surface area contributed by atoms with Gasteiger partial charge in [0, 0.05) is 13.5 Å². The average molecular weight is 255 g/mol.